The van der Waals surface area contributed by atoms with Gasteiger partial charge in [-0.15, -0.1) is 0 Å². The molecule has 43 heavy (non-hydrogen) atoms. The third-order valence-electron chi connectivity index (χ3n) is 7.29. The lowest BCUT2D eigenvalue weighted by atomic mass is 9.93. The van der Waals surface area contributed by atoms with Gasteiger partial charge in [0, 0.05) is 30.3 Å². The number of anilines is 3. The average molecular weight is 608 g/mol. The van der Waals surface area contributed by atoms with E-state index in [0.717, 1.165) is 38.3 Å². The molecule has 222 valence electrons. The van der Waals surface area contributed by atoms with Crippen LogP contribution in [0.1, 0.15) is 42.6 Å². The average Bonchev–Trinajstić information content (AvgIpc) is 3.58. The van der Waals surface area contributed by atoms with Crippen LogP contribution in [0.3, 0.4) is 0 Å². The molecule has 3 aromatic heterocycles. The van der Waals surface area contributed by atoms with E-state index in [1.165, 1.54) is 11.3 Å². The summed E-state index contributed by atoms with van der Waals surface area (Å²) in [6.45, 7) is 1.96. The Balaban J connectivity index is 1.20. The first-order valence-corrected chi connectivity index (χ1v) is 14.7. The van der Waals surface area contributed by atoms with Crippen molar-refractivity contribution >= 4 is 44.4 Å². The molecule has 3 N–H and O–H groups in total. The first-order chi connectivity index (χ1) is 20.7. The molecule has 1 aliphatic rings. The standard InChI is InChI=1S/C30H28F3N7O2S/c1-17-23(16-34-40-17)19-7-12-24-25(14-19)43-29(37-24)39-26-15-21(13-18-5-3-2-4-6-18)36-28(38-26)35-20-8-10-22(11-9-20)42-27(41)30(31,32)33/h2-7,12,14-16,20,22H,8-11,13H2,1H3,(H,34,40)(H2,35,36,37,38,39)/t20-,22-. The van der Waals surface area contributed by atoms with Crippen molar-refractivity contribution < 1.29 is 22.7 Å². The number of esters is 1. The van der Waals surface area contributed by atoms with E-state index in [9.17, 15) is 18.0 Å². The lowest BCUT2D eigenvalue weighted by Crippen LogP contribution is -2.35. The number of aromatic amines is 1. The van der Waals surface area contributed by atoms with Crippen LogP contribution in [0.25, 0.3) is 21.3 Å². The molecule has 1 aliphatic carbocycles. The summed E-state index contributed by atoms with van der Waals surface area (Å²) in [5.41, 5.74) is 5.75. The summed E-state index contributed by atoms with van der Waals surface area (Å²) in [6, 6.07) is 17.9. The van der Waals surface area contributed by atoms with E-state index >= 15 is 0 Å². The summed E-state index contributed by atoms with van der Waals surface area (Å²) in [6.07, 6.45) is -1.62. The zero-order chi connectivity index (χ0) is 30.0. The molecule has 13 heteroatoms. The zero-order valence-electron chi connectivity index (χ0n) is 23.1. The lowest BCUT2D eigenvalue weighted by Gasteiger charge is -2.29. The fourth-order valence-electron chi connectivity index (χ4n) is 5.15. The third kappa shape index (κ3) is 6.94. The van der Waals surface area contributed by atoms with Crippen LogP contribution in [-0.2, 0) is 16.0 Å². The summed E-state index contributed by atoms with van der Waals surface area (Å²) >= 11 is 1.51. The number of thiazole rings is 1. The van der Waals surface area contributed by atoms with Crippen LogP contribution in [0.5, 0.6) is 0 Å². The smallest absolute Gasteiger partial charge is 0.456 e. The van der Waals surface area contributed by atoms with Crippen LogP contribution in [-0.4, -0.2) is 49.4 Å². The molecule has 0 saturated heterocycles. The van der Waals surface area contributed by atoms with Crippen LogP contribution in [0, 0.1) is 6.92 Å². The molecule has 0 atom stereocenters. The van der Waals surface area contributed by atoms with Gasteiger partial charge < -0.3 is 15.4 Å². The largest absolute Gasteiger partial charge is 0.490 e. The number of ether oxygens (including phenoxy) is 1. The molecule has 9 nitrogen and oxygen atoms in total. The highest BCUT2D eigenvalue weighted by atomic mass is 32.1. The number of alkyl halides is 3. The van der Waals surface area contributed by atoms with E-state index in [1.54, 1.807) is 0 Å². The quantitative estimate of drug-likeness (QED) is 0.162. The molecule has 0 amide bonds. The Morgan fingerprint density at radius 2 is 1.84 bits per heavy atom. The van der Waals surface area contributed by atoms with Gasteiger partial charge in [-0.1, -0.05) is 47.7 Å². The second-order valence-electron chi connectivity index (χ2n) is 10.5. The van der Waals surface area contributed by atoms with Crippen molar-refractivity contribution in [3.05, 3.63) is 77.7 Å². The molecule has 1 fully saturated rings. The number of aryl methyl sites for hydroxylation is 1. The highest BCUT2D eigenvalue weighted by Crippen LogP contribution is 2.33. The lowest BCUT2D eigenvalue weighted by molar-refractivity contribution is -0.206. The van der Waals surface area contributed by atoms with Gasteiger partial charge in [-0.05, 0) is 55.9 Å². The van der Waals surface area contributed by atoms with Crippen molar-refractivity contribution in [2.75, 3.05) is 10.6 Å². The van der Waals surface area contributed by atoms with Crippen molar-refractivity contribution in [2.45, 2.75) is 57.3 Å². The van der Waals surface area contributed by atoms with E-state index in [-0.39, 0.29) is 6.04 Å². The Morgan fingerprint density at radius 1 is 1.05 bits per heavy atom. The summed E-state index contributed by atoms with van der Waals surface area (Å²) in [5.74, 6) is -1.16. The van der Waals surface area contributed by atoms with Crippen LogP contribution < -0.4 is 10.6 Å². The molecule has 0 bridgehead atoms. The Morgan fingerprint density at radius 3 is 2.56 bits per heavy atom. The third-order valence-corrected chi connectivity index (χ3v) is 8.22. The topological polar surface area (TPSA) is 118 Å². The number of hydrogen-bond acceptors (Lipinski definition) is 9. The second kappa shape index (κ2) is 12.0. The normalized spacial score (nSPS) is 17.1. The number of carbonyl (C=O) groups is 1. The van der Waals surface area contributed by atoms with Crippen LogP contribution in [0.2, 0.25) is 0 Å². The highest BCUT2D eigenvalue weighted by molar-refractivity contribution is 7.22. The van der Waals surface area contributed by atoms with Crippen molar-refractivity contribution in [3.63, 3.8) is 0 Å². The van der Waals surface area contributed by atoms with Gasteiger partial charge in [-0.2, -0.15) is 23.3 Å². The van der Waals surface area contributed by atoms with E-state index < -0.39 is 18.2 Å². The maximum Gasteiger partial charge on any atom is 0.490 e. The first kappa shape index (κ1) is 28.6. The first-order valence-electron chi connectivity index (χ1n) is 13.8. The number of halogens is 3. The molecule has 0 unspecified atom stereocenters. The minimum Gasteiger partial charge on any atom is -0.456 e. The Kier molecular flexibility index (Phi) is 7.98. The maximum absolute atomic E-state index is 12.6. The molecule has 0 aliphatic heterocycles. The van der Waals surface area contributed by atoms with Gasteiger partial charge in [0.25, 0.3) is 0 Å². The summed E-state index contributed by atoms with van der Waals surface area (Å²) in [7, 11) is 0. The van der Waals surface area contributed by atoms with Crippen molar-refractivity contribution in [1.82, 2.24) is 25.1 Å². The Bertz CT molecular complexity index is 1730. The summed E-state index contributed by atoms with van der Waals surface area (Å²) < 4.78 is 43.4. The van der Waals surface area contributed by atoms with Gasteiger partial charge in [0.2, 0.25) is 5.95 Å². The number of carbonyl (C=O) groups excluding carboxylic acids is 1. The van der Waals surface area contributed by atoms with Gasteiger partial charge >= 0.3 is 12.1 Å². The molecule has 2 aromatic carbocycles. The highest BCUT2D eigenvalue weighted by Gasteiger charge is 2.42. The van der Waals surface area contributed by atoms with Crippen LogP contribution >= 0.6 is 11.3 Å². The van der Waals surface area contributed by atoms with Gasteiger partial charge in [0.1, 0.15) is 11.9 Å². The van der Waals surface area contributed by atoms with E-state index in [1.807, 2.05) is 61.7 Å². The van der Waals surface area contributed by atoms with E-state index in [0.29, 0.717) is 49.0 Å². The predicted molar refractivity (Wildman–Crippen MR) is 158 cm³/mol. The van der Waals surface area contributed by atoms with E-state index in [4.69, 9.17) is 15.0 Å². The van der Waals surface area contributed by atoms with Crippen LogP contribution in [0.15, 0.2) is 60.8 Å². The molecule has 0 spiro atoms. The monoisotopic (exact) mass is 607 g/mol. The molecule has 3 heterocycles. The maximum atomic E-state index is 12.6. The number of aromatic nitrogens is 5. The summed E-state index contributed by atoms with van der Waals surface area (Å²) in [4.78, 5) is 25.4. The Labute approximate surface area is 248 Å². The zero-order valence-corrected chi connectivity index (χ0v) is 23.9. The minimum atomic E-state index is -4.99. The second-order valence-corrected chi connectivity index (χ2v) is 11.5. The fourth-order valence-corrected chi connectivity index (χ4v) is 6.07. The molecule has 5 aromatic rings. The Hall–Kier alpha value is -4.52. The van der Waals surface area contributed by atoms with E-state index in [2.05, 4.69) is 31.6 Å². The number of fused-ring (bicyclic) bond motifs is 1. The minimum absolute atomic E-state index is 0.0760. The number of hydrogen-bond donors (Lipinski definition) is 3. The molecule has 6 rings (SSSR count). The molecular weight excluding hydrogens is 579 g/mol. The van der Waals surface area contributed by atoms with Crippen LogP contribution in [0.4, 0.5) is 30.1 Å². The van der Waals surface area contributed by atoms with Crippen molar-refractivity contribution in [3.8, 4) is 11.1 Å². The SMILES string of the molecule is Cc1n[nH]cc1-c1ccc2nc(Nc3cc(Cc4ccccc4)nc(N[C@H]4CC[C@H](OC(=O)C(F)(F)F)CC4)n3)sc2c1. The molecule has 0 radical (unpaired) electrons. The molecule has 1 saturated carbocycles. The number of benzene rings is 2. The number of H-pyrrole nitrogens is 1. The molecular formula is C30H28F3N7O2S. The van der Waals surface area contributed by atoms with Gasteiger partial charge in [-0.3, -0.25) is 5.10 Å². The van der Waals surface area contributed by atoms with Gasteiger partial charge in [0.15, 0.2) is 5.13 Å². The number of nitrogens with one attached hydrogen (secondary N) is 3. The summed E-state index contributed by atoms with van der Waals surface area (Å²) in [5, 5.41) is 14.5. The fraction of sp³-hybridized carbons (Fsp3) is 0.300. The van der Waals surface area contributed by atoms with Crippen molar-refractivity contribution in [1.29, 1.82) is 0 Å². The number of rotatable bonds is 8. The van der Waals surface area contributed by atoms with Gasteiger partial charge in [-0.25, -0.2) is 14.8 Å². The number of nitrogens with zero attached hydrogens (tertiary/aromatic N) is 4. The predicted octanol–water partition coefficient (Wildman–Crippen LogP) is 6.95. The van der Waals surface area contributed by atoms with Gasteiger partial charge in [0.05, 0.1) is 21.6 Å². The van der Waals surface area contributed by atoms with Crippen molar-refractivity contribution in [2.24, 2.45) is 0 Å².